The molecule has 1 heterocycles. The predicted molar refractivity (Wildman–Crippen MR) is 105 cm³/mol. The van der Waals surface area contributed by atoms with Crippen LogP contribution in [0.5, 0.6) is 5.75 Å². The molecule has 150 valence electrons. The van der Waals surface area contributed by atoms with E-state index in [1.54, 1.807) is 31.1 Å². The maximum atomic E-state index is 12.3. The molecule has 1 saturated heterocycles. The molecular weight excluding hydrogens is 362 g/mol. The van der Waals surface area contributed by atoms with Gasteiger partial charge in [-0.1, -0.05) is 11.8 Å². The first-order valence-electron chi connectivity index (χ1n) is 9.00. The van der Waals surface area contributed by atoms with E-state index in [1.807, 2.05) is 0 Å². The summed E-state index contributed by atoms with van der Waals surface area (Å²) in [4.78, 5) is 38.4. The van der Waals surface area contributed by atoms with Gasteiger partial charge in [-0.05, 0) is 25.0 Å². The average molecular weight is 387 g/mol. The maximum absolute atomic E-state index is 12.3. The lowest BCUT2D eigenvalue weighted by molar-refractivity contribution is -0.134. The van der Waals surface area contributed by atoms with Gasteiger partial charge in [0, 0.05) is 33.5 Å². The normalized spacial score (nSPS) is 15.9. The van der Waals surface area contributed by atoms with Gasteiger partial charge in [0.25, 0.3) is 0 Å². The molecule has 3 amide bonds. The van der Waals surface area contributed by atoms with E-state index in [0.29, 0.717) is 48.4 Å². The van der Waals surface area contributed by atoms with E-state index in [9.17, 15) is 14.4 Å². The van der Waals surface area contributed by atoms with E-state index >= 15 is 0 Å². The second kappa shape index (κ2) is 9.76. The van der Waals surface area contributed by atoms with E-state index < -0.39 is 6.04 Å². The van der Waals surface area contributed by atoms with E-state index in [1.165, 1.54) is 12.0 Å². The Bertz CT molecular complexity index is 812. The van der Waals surface area contributed by atoms with Gasteiger partial charge < -0.3 is 19.6 Å². The molecule has 1 aromatic rings. The fourth-order valence-electron chi connectivity index (χ4n) is 3.08. The molecule has 8 heteroatoms. The number of hydrogen-bond acceptors (Lipinski definition) is 6. The number of benzene rings is 1. The molecule has 2 N–H and O–H groups in total. The van der Waals surface area contributed by atoms with Crippen LogP contribution in [-0.4, -0.2) is 57.2 Å². The number of aliphatic hydroxyl groups is 1. The highest BCUT2D eigenvalue weighted by atomic mass is 16.5. The van der Waals surface area contributed by atoms with Crippen LogP contribution in [-0.2, 0) is 14.4 Å². The molecule has 8 nitrogen and oxygen atoms in total. The van der Waals surface area contributed by atoms with Crippen molar-refractivity contribution in [2.75, 3.05) is 37.6 Å². The van der Waals surface area contributed by atoms with Gasteiger partial charge in [-0.25, -0.2) is 0 Å². The molecule has 28 heavy (non-hydrogen) atoms. The summed E-state index contributed by atoms with van der Waals surface area (Å²) in [5.74, 6) is 5.86. The maximum Gasteiger partial charge on any atom is 0.249 e. The molecule has 1 atom stereocenters. The molecule has 0 aliphatic carbocycles. The first-order chi connectivity index (χ1) is 13.4. The van der Waals surface area contributed by atoms with Crippen molar-refractivity contribution in [3.63, 3.8) is 0 Å². The molecule has 0 radical (unpaired) electrons. The van der Waals surface area contributed by atoms with E-state index in [4.69, 9.17) is 9.84 Å². The third-order valence-electron chi connectivity index (χ3n) is 4.58. The lowest BCUT2D eigenvalue weighted by Crippen LogP contribution is -2.51. The average Bonchev–Trinajstić information content (AvgIpc) is 2.69. The van der Waals surface area contributed by atoms with Crippen molar-refractivity contribution < 1.29 is 24.2 Å². The highest BCUT2D eigenvalue weighted by molar-refractivity contribution is 6.02. The Morgan fingerprint density at radius 1 is 1.36 bits per heavy atom. The van der Waals surface area contributed by atoms with Gasteiger partial charge >= 0.3 is 0 Å². The van der Waals surface area contributed by atoms with Gasteiger partial charge in [-0.2, -0.15) is 0 Å². The van der Waals surface area contributed by atoms with Crippen LogP contribution in [0.3, 0.4) is 0 Å². The Morgan fingerprint density at radius 2 is 2.11 bits per heavy atom. The molecule has 2 rings (SSSR count). The first kappa shape index (κ1) is 21.3. The number of methoxy groups -OCH3 is 1. The summed E-state index contributed by atoms with van der Waals surface area (Å²) < 4.78 is 5.42. The summed E-state index contributed by atoms with van der Waals surface area (Å²) in [6, 6.07) is 2.95. The van der Waals surface area contributed by atoms with Crippen molar-refractivity contribution in [1.82, 2.24) is 5.32 Å². The van der Waals surface area contributed by atoms with Crippen LogP contribution >= 0.6 is 0 Å². The molecule has 0 bridgehead atoms. The summed E-state index contributed by atoms with van der Waals surface area (Å²) in [5, 5.41) is 11.3. The third-order valence-corrected chi connectivity index (χ3v) is 4.58. The Hall–Kier alpha value is -3.05. The van der Waals surface area contributed by atoms with Gasteiger partial charge in [0.05, 0.1) is 24.0 Å². The van der Waals surface area contributed by atoms with Crippen molar-refractivity contribution in [2.24, 2.45) is 0 Å². The minimum Gasteiger partial charge on any atom is -0.495 e. The molecule has 1 fully saturated rings. The number of nitrogens with one attached hydrogen (secondary N) is 1. The van der Waals surface area contributed by atoms with E-state index in [0.717, 1.165) is 0 Å². The highest BCUT2D eigenvalue weighted by Crippen LogP contribution is 2.38. The molecule has 0 spiro atoms. The lowest BCUT2D eigenvalue weighted by atomic mass is 10.0. The van der Waals surface area contributed by atoms with Gasteiger partial charge in [0.15, 0.2) is 0 Å². The van der Waals surface area contributed by atoms with Crippen LogP contribution in [0, 0.1) is 11.8 Å². The van der Waals surface area contributed by atoms with Crippen molar-refractivity contribution in [1.29, 1.82) is 0 Å². The van der Waals surface area contributed by atoms with Crippen LogP contribution in [0.1, 0.15) is 31.2 Å². The Labute approximate surface area is 164 Å². The number of imide groups is 1. The van der Waals surface area contributed by atoms with Crippen molar-refractivity contribution in [3.8, 4) is 17.6 Å². The van der Waals surface area contributed by atoms with Crippen LogP contribution in [0.2, 0.25) is 0 Å². The van der Waals surface area contributed by atoms with Crippen molar-refractivity contribution in [3.05, 3.63) is 17.7 Å². The van der Waals surface area contributed by atoms with Crippen LogP contribution in [0.4, 0.5) is 11.4 Å². The Morgan fingerprint density at radius 3 is 2.71 bits per heavy atom. The number of rotatable bonds is 7. The minimum absolute atomic E-state index is 0.0468. The largest absolute Gasteiger partial charge is 0.495 e. The number of ether oxygens (including phenoxy) is 1. The SMILES string of the molecule is COc1ccc(N(C)C2CCC(=O)NC2=O)c(N(C)C=O)c1C#CCCCO. The monoisotopic (exact) mass is 387 g/mol. The number of nitrogens with zero attached hydrogens (tertiary/aromatic N) is 2. The van der Waals surface area contributed by atoms with E-state index in [2.05, 4.69) is 17.2 Å². The third kappa shape index (κ3) is 4.61. The fraction of sp³-hybridized carbons (Fsp3) is 0.450. The van der Waals surface area contributed by atoms with Crippen molar-refractivity contribution >= 4 is 29.6 Å². The number of unbranched alkanes of at least 4 members (excludes halogenated alkanes) is 1. The second-order valence-corrected chi connectivity index (χ2v) is 6.43. The zero-order valence-electron chi connectivity index (χ0n) is 16.3. The van der Waals surface area contributed by atoms with Gasteiger partial charge in [-0.3, -0.25) is 19.7 Å². The summed E-state index contributed by atoms with van der Waals surface area (Å²) in [7, 11) is 4.86. The highest BCUT2D eigenvalue weighted by Gasteiger charge is 2.32. The molecule has 1 unspecified atom stereocenters. The van der Waals surface area contributed by atoms with Gasteiger partial charge in [0.2, 0.25) is 18.2 Å². The fourth-order valence-corrected chi connectivity index (χ4v) is 3.08. The number of hydrogen-bond donors (Lipinski definition) is 2. The molecular formula is C20H25N3O5. The van der Waals surface area contributed by atoms with E-state index in [-0.39, 0.29) is 24.8 Å². The molecule has 1 aromatic carbocycles. The predicted octanol–water partition coefficient (Wildman–Crippen LogP) is 0.653. The van der Waals surface area contributed by atoms with Crippen LogP contribution in [0.15, 0.2) is 12.1 Å². The number of amides is 3. The summed E-state index contributed by atoms with van der Waals surface area (Å²) >= 11 is 0. The molecule has 0 saturated carbocycles. The van der Waals surface area contributed by atoms with Gasteiger partial charge in [0.1, 0.15) is 11.8 Å². The van der Waals surface area contributed by atoms with Crippen molar-refractivity contribution in [2.45, 2.75) is 31.7 Å². The number of anilines is 2. The van der Waals surface area contributed by atoms with Crippen LogP contribution in [0.25, 0.3) is 0 Å². The zero-order valence-corrected chi connectivity index (χ0v) is 16.3. The lowest BCUT2D eigenvalue weighted by Gasteiger charge is -2.34. The molecule has 0 aromatic heterocycles. The number of piperidine rings is 1. The topological polar surface area (TPSA) is 99.2 Å². The Balaban J connectivity index is 2.53. The smallest absolute Gasteiger partial charge is 0.249 e. The summed E-state index contributed by atoms with van der Waals surface area (Å²) in [6.07, 6.45) is 2.34. The summed E-state index contributed by atoms with van der Waals surface area (Å²) in [5.41, 5.74) is 1.65. The minimum atomic E-state index is -0.542. The van der Waals surface area contributed by atoms with Gasteiger partial charge in [-0.15, -0.1) is 0 Å². The second-order valence-electron chi connectivity index (χ2n) is 6.43. The zero-order chi connectivity index (χ0) is 20.7. The number of carbonyl (C=O) groups excluding carboxylic acids is 3. The number of aliphatic hydroxyl groups excluding tert-OH is 1. The standard InChI is InChI=1S/C20H25N3O5/c1-22(13-25)19-14(7-5-4-6-12-24)17(28-3)10-8-15(19)23(2)16-9-11-18(26)21-20(16)27/h8,10,13,16,24H,4,6,9,11-12H2,1-3H3,(H,21,26,27). The number of carbonyl (C=O) groups is 3. The summed E-state index contributed by atoms with van der Waals surface area (Å²) in [6.45, 7) is 0.0468. The Kier molecular flexibility index (Phi) is 7.41. The van der Waals surface area contributed by atoms with Crippen LogP contribution < -0.4 is 19.9 Å². The molecule has 1 aliphatic heterocycles. The molecule has 1 aliphatic rings. The quantitative estimate of drug-likeness (QED) is 0.309. The first-order valence-corrected chi connectivity index (χ1v) is 9.00. The number of likely N-dealkylation sites (N-methyl/N-ethyl adjacent to an activating group) is 1.